The fraction of sp³-hybridized carbons (Fsp3) is 0.647. The molecule has 2 aliphatic heterocycles. The first kappa shape index (κ1) is 13.9. The highest BCUT2D eigenvalue weighted by Crippen LogP contribution is 2.33. The van der Waals surface area contributed by atoms with Crippen LogP contribution in [0, 0.1) is 0 Å². The number of para-hydroxylation sites is 1. The second-order valence-corrected chi connectivity index (χ2v) is 6.58. The zero-order valence-corrected chi connectivity index (χ0v) is 12.5. The number of hydrogen-bond donors (Lipinski definition) is 1. The number of fused-ring (bicyclic) bond motifs is 1. The van der Waals surface area contributed by atoms with Crippen molar-refractivity contribution >= 4 is 0 Å². The fourth-order valence-electron chi connectivity index (χ4n) is 3.34. The van der Waals surface area contributed by atoms with Gasteiger partial charge in [-0.1, -0.05) is 18.2 Å². The third-order valence-electron chi connectivity index (χ3n) is 4.43. The van der Waals surface area contributed by atoms with Gasteiger partial charge in [-0.05, 0) is 44.7 Å². The van der Waals surface area contributed by atoms with Crippen LogP contribution < -0.4 is 10.1 Å². The molecular formula is C17H25NO2. The van der Waals surface area contributed by atoms with Crippen molar-refractivity contribution in [2.24, 2.45) is 0 Å². The van der Waals surface area contributed by atoms with Crippen molar-refractivity contribution < 1.29 is 9.47 Å². The molecule has 2 unspecified atom stereocenters. The van der Waals surface area contributed by atoms with Crippen LogP contribution in [0.1, 0.15) is 44.6 Å². The van der Waals surface area contributed by atoms with E-state index in [1.165, 1.54) is 5.56 Å². The zero-order valence-electron chi connectivity index (χ0n) is 12.5. The fourth-order valence-corrected chi connectivity index (χ4v) is 3.34. The summed E-state index contributed by atoms with van der Waals surface area (Å²) in [6.07, 6.45) is 3.32. The first-order chi connectivity index (χ1) is 9.64. The van der Waals surface area contributed by atoms with Crippen LogP contribution in [0.5, 0.6) is 5.75 Å². The standard InChI is InChI=1S/C17H25NO2/c1-17(2)11-14(8-10-20-17)18-12-13-7-9-19-16-6-4-3-5-15(13)16/h3-6,13-14,18H,7-12H2,1-2H3. The summed E-state index contributed by atoms with van der Waals surface area (Å²) < 4.78 is 11.5. The molecule has 2 atom stereocenters. The highest BCUT2D eigenvalue weighted by molar-refractivity contribution is 5.37. The van der Waals surface area contributed by atoms with Gasteiger partial charge in [-0.3, -0.25) is 0 Å². The molecule has 1 aromatic rings. The van der Waals surface area contributed by atoms with E-state index < -0.39 is 0 Å². The van der Waals surface area contributed by atoms with Crippen LogP contribution >= 0.6 is 0 Å². The quantitative estimate of drug-likeness (QED) is 0.919. The van der Waals surface area contributed by atoms with Gasteiger partial charge in [-0.2, -0.15) is 0 Å². The molecule has 20 heavy (non-hydrogen) atoms. The van der Waals surface area contributed by atoms with E-state index in [0.717, 1.165) is 44.8 Å². The van der Waals surface area contributed by atoms with Gasteiger partial charge < -0.3 is 14.8 Å². The molecule has 0 bridgehead atoms. The van der Waals surface area contributed by atoms with Gasteiger partial charge >= 0.3 is 0 Å². The first-order valence-electron chi connectivity index (χ1n) is 7.73. The van der Waals surface area contributed by atoms with E-state index in [1.54, 1.807) is 0 Å². The number of nitrogens with one attached hydrogen (secondary N) is 1. The summed E-state index contributed by atoms with van der Waals surface area (Å²) in [4.78, 5) is 0. The Morgan fingerprint density at radius 2 is 2.05 bits per heavy atom. The lowest BCUT2D eigenvalue weighted by Crippen LogP contribution is -2.45. The normalized spacial score (nSPS) is 28.5. The lowest BCUT2D eigenvalue weighted by atomic mass is 9.90. The second kappa shape index (κ2) is 5.74. The van der Waals surface area contributed by atoms with Gasteiger partial charge in [0.25, 0.3) is 0 Å². The van der Waals surface area contributed by atoms with Crippen molar-refractivity contribution in [3.8, 4) is 5.75 Å². The van der Waals surface area contributed by atoms with E-state index in [0.29, 0.717) is 12.0 Å². The summed E-state index contributed by atoms with van der Waals surface area (Å²) in [5.74, 6) is 1.64. The van der Waals surface area contributed by atoms with Crippen LogP contribution in [0.25, 0.3) is 0 Å². The maximum absolute atomic E-state index is 5.78. The molecule has 1 saturated heterocycles. The molecule has 1 fully saturated rings. The number of rotatable bonds is 3. The molecule has 0 aromatic heterocycles. The Morgan fingerprint density at radius 1 is 1.20 bits per heavy atom. The average molecular weight is 275 g/mol. The Balaban J connectivity index is 1.59. The average Bonchev–Trinajstić information content (AvgIpc) is 2.44. The topological polar surface area (TPSA) is 30.5 Å². The van der Waals surface area contributed by atoms with Crippen molar-refractivity contribution in [1.29, 1.82) is 0 Å². The molecule has 1 N–H and O–H groups in total. The van der Waals surface area contributed by atoms with Gasteiger partial charge in [0.05, 0.1) is 12.2 Å². The summed E-state index contributed by atoms with van der Waals surface area (Å²) in [6.45, 7) is 7.12. The minimum absolute atomic E-state index is 0.0174. The van der Waals surface area contributed by atoms with E-state index in [-0.39, 0.29) is 5.60 Å². The van der Waals surface area contributed by atoms with Gasteiger partial charge in [0.1, 0.15) is 5.75 Å². The molecule has 0 radical (unpaired) electrons. The highest BCUT2D eigenvalue weighted by Gasteiger charge is 2.29. The summed E-state index contributed by atoms with van der Waals surface area (Å²) >= 11 is 0. The second-order valence-electron chi connectivity index (χ2n) is 6.58. The van der Waals surface area contributed by atoms with Crippen LogP contribution in [-0.4, -0.2) is 31.4 Å². The highest BCUT2D eigenvalue weighted by atomic mass is 16.5. The number of ether oxygens (including phenoxy) is 2. The Kier molecular flexibility index (Phi) is 3.99. The predicted molar refractivity (Wildman–Crippen MR) is 80.4 cm³/mol. The van der Waals surface area contributed by atoms with E-state index in [4.69, 9.17) is 9.47 Å². The maximum atomic E-state index is 5.78. The lowest BCUT2D eigenvalue weighted by Gasteiger charge is -2.37. The van der Waals surface area contributed by atoms with Crippen molar-refractivity contribution in [2.45, 2.75) is 50.7 Å². The Morgan fingerprint density at radius 3 is 2.90 bits per heavy atom. The molecule has 2 aliphatic rings. The summed E-state index contributed by atoms with van der Waals surface area (Å²) in [5, 5.41) is 3.75. The summed E-state index contributed by atoms with van der Waals surface area (Å²) in [7, 11) is 0. The lowest BCUT2D eigenvalue weighted by molar-refractivity contribution is -0.0630. The van der Waals surface area contributed by atoms with Gasteiger partial charge in [-0.25, -0.2) is 0 Å². The molecular weight excluding hydrogens is 250 g/mol. The molecule has 0 aliphatic carbocycles. The molecule has 0 saturated carbocycles. The SMILES string of the molecule is CC1(C)CC(NCC2CCOc3ccccc32)CCO1. The molecule has 0 spiro atoms. The minimum Gasteiger partial charge on any atom is -0.493 e. The molecule has 1 aromatic carbocycles. The van der Waals surface area contributed by atoms with Crippen LogP contribution in [0.3, 0.4) is 0 Å². The number of benzene rings is 1. The van der Waals surface area contributed by atoms with Crippen LogP contribution in [0.15, 0.2) is 24.3 Å². The molecule has 3 rings (SSSR count). The van der Waals surface area contributed by atoms with Crippen molar-refractivity contribution in [2.75, 3.05) is 19.8 Å². The van der Waals surface area contributed by atoms with E-state index in [2.05, 4.69) is 43.4 Å². The molecule has 3 heteroatoms. The van der Waals surface area contributed by atoms with Crippen LogP contribution in [-0.2, 0) is 4.74 Å². The van der Waals surface area contributed by atoms with E-state index in [9.17, 15) is 0 Å². The van der Waals surface area contributed by atoms with Crippen molar-refractivity contribution in [3.63, 3.8) is 0 Å². The third-order valence-corrected chi connectivity index (χ3v) is 4.43. The van der Waals surface area contributed by atoms with Crippen LogP contribution in [0.2, 0.25) is 0 Å². The summed E-state index contributed by atoms with van der Waals surface area (Å²) in [6, 6.07) is 9.02. The zero-order chi connectivity index (χ0) is 14.0. The van der Waals surface area contributed by atoms with Gasteiger partial charge in [0, 0.05) is 25.1 Å². The Bertz CT molecular complexity index is 458. The molecule has 0 amide bonds. The number of hydrogen-bond acceptors (Lipinski definition) is 3. The maximum Gasteiger partial charge on any atom is 0.122 e. The predicted octanol–water partition coefficient (Wildman–Crippen LogP) is 3.10. The molecule has 110 valence electrons. The van der Waals surface area contributed by atoms with Crippen LogP contribution in [0.4, 0.5) is 0 Å². The Hall–Kier alpha value is -1.06. The van der Waals surface area contributed by atoms with Gasteiger partial charge in [0.15, 0.2) is 0 Å². The van der Waals surface area contributed by atoms with Gasteiger partial charge in [0.2, 0.25) is 0 Å². The van der Waals surface area contributed by atoms with Crippen molar-refractivity contribution in [3.05, 3.63) is 29.8 Å². The van der Waals surface area contributed by atoms with Gasteiger partial charge in [-0.15, -0.1) is 0 Å². The van der Waals surface area contributed by atoms with E-state index >= 15 is 0 Å². The smallest absolute Gasteiger partial charge is 0.122 e. The molecule has 3 nitrogen and oxygen atoms in total. The summed E-state index contributed by atoms with van der Waals surface area (Å²) in [5.41, 5.74) is 1.38. The van der Waals surface area contributed by atoms with E-state index in [1.807, 2.05) is 0 Å². The minimum atomic E-state index is 0.0174. The largest absolute Gasteiger partial charge is 0.493 e. The Labute approximate surface area is 121 Å². The first-order valence-corrected chi connectivity index (χ1v) is 7.73. The van der Waals surface area contributed by atoms with Crippen molar-refractivity contribution in [1.82, 2.24) is 5.32 Å². The third kappa shape index (κ3) is 3.15. The monoisotopic (exact) mass is 275 g/mol. The molecule has 2 heterocycles.